The van der Waals surface area contributed by atoms with Crippen LogP contribution in [0.5, 0.6) is 0 Å². The largest absolute Gasteiger partial charge is 0.412 e. The molecule has 98 valence electrons. The zero-order chi connectivity index (χ0) is 12.6. The normalized spacial score (nSPS) is 10.9. The molecule has 0 aliphatic rings. The minimum Gasteiger partial charge on any atom is -0.412 e. The van der Waals surface area contributed by atoms with Gasteiger partial charge in [0.05, 0.1) is 0 Å². The summed E-state index contributed by atoms with van der Waals surface area (Å²) in [6, 6.07) is 6.92. The van der Waals surface area contributed by atoms with Gasteiger partial charge in [0.15, 0.2) is 0 Å². The van der Waals surface area contributed by atoms with Gasteiger partial charge in [-0.15, -0.1) is 4.91 Å². The third-order valence-corrected chi connectivity index (χ3v) is 3.52. The van der Waals surface area contributed by atoms with Crippen LogP contribution in [0.4, 0.5) is 5.69 Å². The Kier molecular flexibility index (Phi) is 10.9. The molecule has 1 aromatic carbocycles. The van der Waals surface area contributed by atoms with E-state index in [0.717, 1.165) is 5.56 Å². The molecule has 0 aliphatic carbocycles. The van der Waals surface area contributed by atoms with E-state index in [2.05, 4.69) is 5.18 Å². The molecular formula is C12H21NO3S. The Hall–Kier alpha value is -1.07. The van der Waals surface area contributed by atoms with Crippen LogP contribution in [0.3, 0.4) is 0 Å². The lowest BCUT2D eigenvalue weighted by molar-refractivity contribution is 0.676. The van der Waals surface area contributed by atoms with Crippen LogP contribution in [0.2, 0.25) is 0 Å². The average Bonchev–Trinajstić information content (AvgIpc) is 2.31. The second kappa shape index (κ2) is 10.1. The summed E-state index contributed by atoms with van der Waals surface area (Å²) in [4.78, 5) is 10.3. The van der Waals surface area contributed by atoms with Gasteiger partial charge in [-0.05, 0) is 22.9 Å². The smallest absolute Gasteiger partial charge is 0.108 e. The number of nitroso groups, excluding NO2 is 1. The van der Waals surface area contributed by atoms with Crippen molar-refractivity contribution in [3.63, 3.8) is 0 Å². The van der Waals surface area contributed by atoms with E-state index in [4.69, 9.17) is 0 Å². The van der Waals surface area contributed by atoms with Crippen molar-refractivity contribution in [2.24, 2.45) is 5.18 Å². The first kappa shape index (κ1) is 18.3. The highest BCUT2D eigenvalue weighted by atomic mass is 32.2. The molecule has 17 heavy (non-hydrogen) atoms. The van der Waals surface area contributed by atoms with Crippen LogP contribution in [-0.2, 0) is 16.6 Å². The number of benzene rings is 1. The van der Waals surface area contributed by atoms with Gasteiger partial charge in [-0.2, -0.15) is 0 Å². The molecule has 0 amide bonds. The Morgan fingerprint density at radius 2 is 1.88 bits per heavy atom. The molecule has 1 atom stereocenters. The van der Waals surface area contributed by atoms with E-state index in [1.807, 2.05) is 33.8 Å². The summed E-state index contributed by atoms with van der Waals surface area (Å²) in [6.07, 6.45) is 0. The Morgan fingerprint density at radius 1 is 1.29 bits per heavy atom. The third kappa shape index (κ3) is 6.97. The standard InChI is InChI=1S/C10H13NO2S.C2H6.H2O/c1-8(2)14(13)7-9-4-3-5-10(6-9)11-12;1-2;/h3-6,8H,7H2,1-2H3;1-2H3;1H2. The molecule has 1 unspecified atom stereocenters. The van der Waals surface area contributed by atoms with E-state index < -0.39 is 10.8 Å². The Balaban J connectivity index is 0. The number of rotatable bonds is 4. The molecule has 5 heteroatoms. The van der Waals surface area contributed by atoms with Gasteiger partial charge in [0.1, 0.15) is 5.69 Å². The van der Waals surface area contributed by atoms with Gasteiger partial charge >= 0.3 is 0 Å². The SMILES string of the molecule is CC.CC(C)S(=O)Cc1cccc(N=O)c1.O. The van der Waals surface area contributed by atoms with Crippen molar-refractivity contribution in [1.82, 2.24) is 0 Å². The van der Waals surface area contributed by atoms with Crippen molar-refractivity contribution in [2.75, 3.05) is 0 Å². The van der Waals surface area contributed by atoms with Crippen molar-refractivity contribution >= 4 is 16.5 Å². The Morgan fingerprint density at radius 3 is 2.35 bits per heavy atom. The second-order valence-corrected chi connectivity index (χ2v) is 5.33. The number of nitrogens with zero attached hydrogens (tertiary/aromatic N) is 1. The number of hydrogen-bond acceptors (Lipinski definition) is 3. The van der Waals surface area contributed by atoms with Crippen molar-refractivity contribution in [3.8, 4) is 0 Å². The van der Waals surface area contributed by atoms with Gasteiger partial charge in [-0.3, -0.25) is 4.21 Å². The molecule has 0 aromatic heterocycles. The van der Waals surface area contributed by atoms with Crippen LogP contribution in [0.25, 0.3) is 0 Å². The zero-order valence-corrected chi connectivity index (χ0v) is 11.6. The molecule has 0 saturated carbocycles. The summed E-state index contributed by atoms with van der Waals surface area (Å²) in [6.45, 7) is 7.83. The quantitative estimate of drug-likeness (QED) is 0.779. The summed E-state index contributed by atoms with van der Waals surface area (Å²) < 4.78 is 11.5. The first-order valence-corrected chi connectivity index (χ1v) is 6.81. The summed E-state index contributed by atoms with van der Waals surface area (Å²) in [5, 5.41) is 2.98. The molecule has 0 radical (unpaired) electrons. The predicted molar refractivity (Wildman–Crippen MR) is 73.8 cm³/mol. The van der Waals surface area contributed by atoms with Crippen molar-refractivity contribution in [2.45, 2.75) is 38.7 Å². The molecule has 2 N–H and O–H groups in total. The minimum absolute atomic E-state index is 0. The highest BCUT2D eigenvalue weighted by molar-refractivity contribution is 7.84. The van der Waals surface area contributed by atoms with Gasteiger partial charge < -0.3 is 5.48 Å². The lowest BCUT2D eigenvalue weighted by Crippen LogP contribution is -2.07. The molecule has 0 saturated heterocycles. The van der Waals surface area contributed by atoms with Gasteiger partial charge in [0, 0.05) is 21.8 Å². The number of hydrogen-bond donors (Lipinski definition) is 0. The van der Waals surface area contributed by atoms with Crippen LogP contribution in [-0.4, -0.2) is 14.9 Å². The highest BCUT2D eigenvalue weighted by Crippen LogP contribution is 2.15. The fraction of sp³-hybridized carbons (Fsp3) is 0.500. The minimum atomic E-state index is -0.877. The second-order valence-electron chi connectivity index (χ2n) is 3.34. The van der Waals surface area contributed by atoms with Crippen molar-refractivity contribution in [1.29, 1.82) is 0 Å². The van der Waals surface area contributed by atoms with Gasteiger partial charge in [-0.25, -0.2) is 0 Å². The van der Waals surface area contributed by atoms with Crippen LogP contribution < -0.4 is 0 Å². The summed E-state index contributed by atoms with van der Waals surface area (Å²) in [5.41, 5.74) is 1.29. The third-order valence-electron chi connectivity index (χ3n) is 1.85. The molecule has 0 fully saturated rings. The molecule has 0 bridgehead atoms. The van der Waals surface area contributed by atoms with E-state index >= 15 is 0 Å². The highest BCUT2D eigenvalue weighted by Gasteiger charge is 2.06. The molecule has 4 nitrogen and oxygen atoms in total. The van der Waals surface area contributed by atoms with E-state index in [0.29, 0.717) is 11.4 Å². The molecule has 0 aliphatic heterocycles. The van der Waals surface area contributed by atoms with E-state index in [-0.39, 0.29) is 10.7 Å². The first-order valence-electron chi connectivity index (χ1n) is 5.43. The zero-order valence-electron chi connectivity index (χ0n) is 10.8. The molecule has 1 rings (SSSR count). The monoisotopic (exact) mass is 259 g/mol. The molecule has 1 aromatic rings. The van der Waals surface area contributed by atoms with E-state index in [9.17, 15) is 9.12 Å². The van der Waals surface area contributed by atoms with Crippen LogP contribution >= 0.6 is 0 Å². The maximum absolute atomic E-state index is 11.5. The average molecular weight is 259 g/mol. The molecule has 0 heterocycles. The fourth-order valence-corrected chi connectivity index (χ4v) is 1.88. The van der Waals surface area contributed by atoms with E-state index in [1.165, 1.54) is 0 Å². The van der Waals surface area contributed by atoms with Gasteiger partial charge in [0.25, 0.3) is 0 Å². The van der Waals surface area contributed by atoms with Crippen molar-refractivity contribution in [3.05, 3.63) is 34.7 Å². The van der Waals surface area contributed by atoms with Crippen LogP contribution in [0.15, 0.2) is 29.4 Å². The van der Waals surface area contributed by atoms with Crippen LogP contribution in [0, 0.1) is 4.91 Å². The predicted octanol–water partition coefficient (Wildman–Crippen LogP) is 2.94. The van der Waals surface area contributed by atoms with Crippen LogP contribution in [0.1, 0.15) is 33.3 Å². The fourth-order valence-electron chi connectivity index (χ4n) is 1.03. The van der Waals surface area contributed by atoms with Gasteiger partial charge in [-0.1, -0.05) is 39.8 Å². The lowest BCUT2D eigenvalue weighted by Gasteiger charge is -2.05. The van der Waals surface area contributed by atoms with E-state index in [1.54, 1.807) is 18.2 Å². The Bertz CT molecular complexity index is 353. The first-order chi connectivity index (χ1) is 7.63. The lowest BCUT2D eigenvalue weighted by atomic mass is 10.2. The van der Waals surface area contributed by atoms with Crippen molar-refractivity contribution < 1.29 is 9.69 Å². The summed E-state index contributed by atoms with van der Waals surface area (Å²) in [5.74, 6) is 0.487. The topological polar surface area (TPSA) is 78.0 Å². The molecular weight excluding hydrogens is 238 g/mol. The Labute approximate surface area is 105 Å². The summed E-state index contributed by atoms with van der Waals surface area (Å²) in [7, 11) is -0.877. The maximum atomic E-state index is 11.5. The summed E-state index contributed by atoms with van der Waals surface area (Å²) >= 11 is 0. The van der Waals surface area contributed by atoms with Gasteiger partial charge in [0.2, 0.25) is 0 Å². The maximum Gasteiger partial charge on any atom is 0.108 e. The molecule has 0 spiro atoms.